The van der Waals surface area contributed by atoms with Crippen LogP contribution in [-0.2, 0) is 11.3 Å². The van der Waals surface area contributed by atoms with Crippen LogP contribution >= 0.6 is 10.5 Å². The molecule has 1 aromatic rings. The molecule has 2 fully saturated rings. The lowest BCUT2D eigenvalue weighted by Crippen LogP contribution is -2.53. The molecular weight excluding hydrogens is 236 g/mol. The quantitative estimate of drug-likeness (QED) is 0.575. The first kappa shape index (κ1) is 11.0. The SMILES string of the molecule is C=S1C2CC(=O)N2[C@@H](C)[C@]1(C)Cn1ccnn1. The van der Waals surface area contributed by atoms with Gasteiger partial charge in [0, 0.05) is 17.0 Å². The molecule has 92 valence electrons. The monoisotopic (exact) mass is 252 g/mol. The Labute approximate surface area is 103 Å². The second-order valence-electron chi connectivity index (χ2n) is 4.98. The highest BCUT2D eigenvalue weighted by molar-refractivity contribution is 8.16. The van der Waals surface area contributed by atoms with Crippen molar-refractivity contribution in [2.24, 2.45) is 0 Å². The third-order valence-electron chi connectivity index (χ3n) is 4.12. The van der Waals surface area contributed by atoms with Crippen molar-refractivity contribution in [2.45, 2.75) is 43.0 Å². The van der Waals surface area contributed by atoms with Gasteiger partial charge < -0.3 is 4.90 Å². The topological polar surface area (TPSA) is 51.0 Å². The van der Waals surface area contributed by atoms with Crippen LogP contribution in [0.5, 0.6) is 0 Å². The van der Waals surface area contributed by atoms with Crippen molar-refractivity contribution in [3.8, 4) is 0 Å². The number of aromatic nitrogens is 3. The molecule has 0 aromatic carbocycles. The maximum Gasteiger partial charge on any atom is 0.226 e. The third-order valence-corrected chi connectivity index (χ3v) is 6.84. The number of hydrogen-bond acceptors (Lipinski definition) is 3. The summed E-state index contributed by atoms with van der Waals surface area (Å²) >= 11 is 0. The van der Waals surface area contributed by atoms with Crippen LogP contribution in [0.3, 0.4) is 0 Å². The minimum Gasteiger partial charge on any atom is -0.326 e. The molecule has 0 bridgehead atoms. The van der Waals surface area contributed by atoms with E-state index in [9.17, 15) is 4.79 Å². The van der Waals surface area contributed by atoms with Crippen LogP contribution in [0, 0.1) is 0 Å². The zero-order valence-corrected chi connectivity index (χ0v) is 10.9. The average molecular weight is 252 g/mol. The Kier molecular flexibility index (Phi) is 2.20. The smallest absolute Gasteiger partial charge is 0.226 e. The normalized spacial score (nSPS) is 40.2. The van der Waals surface area contributed by atoms with Crippen molar-refractivity contribution in [3.05, 3.63) is 12.4 Å². The molecule has 0 spiro atoms. The third kappa shape index (κ3) is 1.33. The van der Waals surface area contributed by atoms with E-state index in [-0.39, 0.29) is 27.2 Å². The summed E-state index contributed by atoms with van der Waals surface area (Å²) in [5.41, 5.74) is 0. The van der Waals surface area contributed by atoms with Gasteiger partial charge in [0.2, 0.25) is 5.91 Å². The highest BCUT2D eigenvalue weighted by Crippen LogP contribution is 2.55. The molecule has 17 heavy (non-hydrogen) atoms. The van der Waals surface area contributed by atoms with Gasteiger partial charge in [-0.25, -0.2) is 0 Å². The highest BCUT2D eigenvalue weighted by Gasteiger charge is 2.57. The average Bonchev–Trinajstić information content (AvgIpc) is 2.80. The molecule has 0 N–H and O–H groups in total. The summed E-state index contributed by atoms with van der Waals surface area (Å²) in [6.07, 6.45) is 4.22. The zero-order valence-electron chi connectivity index (χ0n) is 10.0. The van der Waals surface area contributed by atoms with E-state index in [1.54, 1.807) is 6.20 Å². The van der Waals surface area contributed by atoms with Crippen molar-refractivity contribution in [1.82, 2.24) is 19.9 Å². The van der Waals surface area contributed by atoms with Crippen molar-refractivity contribution < 1.29 is 4.79 Å². The number of amides is 1. The fourth-order valence-corrected chi connectivity index (χ4v) is 5.17. The van der Waals surface area contributed by atoms with Gasteiger partial charge in [0.15, 0.2) is 0 Å². The molecule has 3 rings (SSSR count). The number of carbonyl (C=O) groups excluding carboxylic acids is 1. The van der Waals surface area contributed by atoms with Gasteiger partial charge >= 0.3 is 0 Å². The summed E-state index contributed by atoms with van der Waals surface area (Å²) in [4.78, 5) is 13.6. The van der Waals surface area contributed by atoms with Crippen LogP contribution in [0.2, 0.25) is 0 Å². The zero-order chi connectivity index (χ0) is 12.2. The first-order chi connectivity index (χ1) is 8.04. The number of fused-ring (bicyclic) bond motifs is 1. The van der Waals surface area contributed by atoms with E-state index in [0.29, 0.717) is 11.8 Å². The fraction of sp³-hybridized carbons (Fsp3) is 0.636. The standard InChI is InChI=1S/C11H16N4OS/c1-8-11(2,7-14-5-4-12-13-14)17(3)10-6-9(16)15(8)10/h4-5,8,10H,3,6-7H2,1-2H3/t8-,10?,11-,17?/m0/s1. The Morgan fingerprint density at radius 3 is 3.00 bits per heavy atom. The van der Waals surface area contributed by atoms with Gasteiger partial charge in [-0.3, -0.25) is 9.48 Å². The Balaban J connectivity index is 1.91. The summed E-state index contributed by atoms with van der Waals surface area (Å²) < 4.78 is 1.85. The van der Waals surface area contributed by atoms with Gasteiger partial charge in [-0.2, -0.15) is 10.5 Å². The van der Waals surface area contributed by atoms with Crippen LogP contribution in [0.25, 0.3) is 0 Å². The summed E-state index contributed by atoms with van der Waals surface area (Å²) in [6, 6.07) is 0.235. The molecule has 1 aromatic heterocycles. The summed E-state index contributed by atoms with van der Waals surface area (Å²) in [5.74, 6) is 4.58. The second-order valence-corrected chi connectivity index (χ2v) is 7.31. The van der Waals surface area contributed by atoms with E-state index >= 15 is 0 Å². The van der Waals surface area contributed by atoms with E-state index < -0.39 is 0 Å². The fourth-order valence-electron chi connectivity index (χ4n) is 2.78. The molecule has 6 heteroatoms. The van der Waals surface area contributed by atoms with Gasteiger partial charge in [-0.1, -0.05) is 11.1 Å². The molecule has 2 aliphatic heterocycles. The van der Waals surface area contributed by atoms with Gasteiger partial charge in [-0.05, 0) is 13.8 Å². The lowest BCUT2D eigenvalue weighted by atomic mass is 9.98. The molecule has 3 heterocycles. The molecule has 0 aliphatic carbocycles. The first-order valence-electron chi connectivity index (χ1n) is 5.72. The van der Waals surface area contributed by atoms with E-state index in [4.69, 9.17) is 0 Å². The van der Waals surface area contributed by atoms with Crippen molar-refractivity contribution in [3.63, 3.8) is 0 Å². The van der Waals surface area contributed by atoms with E-state index in [1.807, 2.05) is 15.8 Å². The van der Waals surface area contributed by atoms with Crippen molar-refractivity contribution in [1.29, 1.82) is 0 Å². The van der Waals surface area contributed by atoms with Crippen LogP contribution in [0.4, 0.5) is 0 Å². The predicted molar refractivity (Wildman–Crippen MR) is 67.9 cm³/mol. The molecule has 0 radical (unpaired) electrons. The van der Waals surface area contributed by atoms with Crippen LogP contribution in [0.1, 0.15) is 20.3 Å². The molecule has 2 unspecified atom stereocenters. The number of rotatable bonds is 2. The van der Waals surface area contributed by atoms with Gasteiger partial charge in [0.05, 0.1) is 24.5 Å². The minimum absolute atomic E-state index is 0.00449. The largest absolute Gasteiger partial charge is 0.326 e. The number of β-lactam (4-membered cyclic amide) rings is 1. The van der Waals surface area contributed by atoms with Crippen molar-refractivity contribution in [2.75, 3.05) is 0 Å². The molecule has 4 atom stereocenters. The molecule has 2 saturated heterocycles. The Hall–Kier alpha value is -1.17. The Morgan fingerprint density at radius 1 is 1.71 bits per heavy atom. The van der Waals surface area contributed by atoms with Crippen LogP contribution in [0.15, 0.2) is 12.4 Å². The molecule has 0 saturated carbocycles. The van der Waals surface area contributed by atoms with Crippen LogP contribution < -0.4 is 0 Å². The molecule has 5 nitrogen and oxygen atoms in total. The number of hydrogen-bond donors (Lipinski definition) is 0. The Morgan fingerprint density at radius 2 is 2.47 bits per heavy atom. The number of carbonyl (C=O) groups is 1. The van der Waals surface area contributed by atoms with Gasteiger partial charge in [0.1, 0.15) is 0 Å². The second kappa shape index (κ2) is 3.41. The van der Waals surface area contributed by atoms with Crippen LogP contribution in [-0.4, -0.2) is 47.8 Å². The van der Waals surface area contributed by atoms with Gasteiger partial charge in [-0.15, -0.1) is 5.10 Å². The summed E-state index contributed by atoms with van der Waals surface area (Å²) in [7, 11) is -0.0332. The number of nitrogens with zero attached hydrogens (tertiary/aromatic N) is 4. The predicted octanol–water partition coefficient (Wildman–Crippen LogP) is 0.698. The first-order valence-corrected chi connectivity index (χ1v) is 7.18. The summed E-state index contributed by atoms with van der Waals surface area (Å²) in [5, 5.41) is 8.21. The Bertz CT molecular complexity index is 486. The van der Waals surface area contributed by atoms with E-state index in [1.165, 1.54) is 0 Å². The van der Waals surface area contributed by atoms with Crippen molar-refractivity contribution >= 4 is 22.3 Å². The maximum absolute atomic E-state index is 11.6. The van der Waals surface area contributed by atoms with E-state index in [0.717, 1.165) is 6.54 Å². The molecular formula is C11H16N4OS. The lowest BCUT2D eigenvalue weighted by molar-refractivity contribution is -0.143. The summed E-state index contributed by atoms with van der Waals surface area (Å²) in [6.45, 7) is 5.11. The lowest BCUT2D eigenvalue weighted by Gasteiger charge is -2.37. The highest BCUT2D eigenvalue weighted by atomic mass is 32.2. The minimum atomic E-state index is -0.0332. The molecule has 1 amide bonds. The van der Waals surface area contributed by atoms with Gasteiger partial charge in [0.25, 0.3) is 0 Å². The molecule has 2 aliphatic rings. The maximum atomic E-state index is 11.6. The van der Waals surface area contributed by atoms with E-state index in [2.05, 4.69) is 30.0 Å².